The van der Waals surface area contributed by atoms with Crippen LogP contribution >= 0.6 is 46.7 Å². The van der Waals surface area contributed by atoms with Gasteiger partial charge in [-0.15, -0.1) is 0 Å². The lowest BCUT2D eigenvalue weighted by Gasteiger charge is -2.21. The van der Waals surface area contributed by atoms with Crippen LogP contribution in [0.4, 0.5) is 0 Å². The molecule has 1 amide bonds. The third kappa shape index (κ3) is 3.95. The highest BCUT2D eigenvalue weighted by Gasteiger charge is 2.17. The number of thioether (sulfide) groups is 2. The van der Waals surface area contributed by atoms with Gasteiger partial charge >= 0.3 is 0 Å². The van der Waals surface area contributed by atoms with Crippen LogP contribution in [0.1, 0.15) is 10.4 Å². The summed E-state index contributed by atoms with van der Waals surface area (Å²) in [5.41, 5.74) is 0.380. The molecule has 1 aliphatic rings. The summed E-state index contributed by atoms with van der Waals surface area (Å²) < 4.78 is 0. The SMILES string of the molecule is O=C(NCC1CSCCS1)c1cc(Cl)ncc1Cl. The quantitative estimate of drug-likeness (QED) is 0.869. The first-order valence-corrected chi connectivity index (χ1v) is 8.41. The Hall–Kier alpha value is -0.100. The number of hydrogen-bond donors (Lipinski definition) is 1. The molecule has 2 heterocycles. The number of amides is 1. The number of aromatic nitrogens is 1. The number of halogens is 2. The van der Waals surface area contributed by atoms with Gasteiger partial charge in [0.05, 0.1) is 10.6 Å². The lowest BCUT2D eigenvalue weighted by Crippen LogP contribution is -2.33. The molecule has 0 aliphatic carbocycles. The van der Waals surface area contributed by atoms with Crippen LogP contribution in [0.5, 0.6) is 0 Å². The molecular formula is C11H12Cl2N2OS2. The smallest absolute Gasteiger partial charge is 0.253 e. The van der Waals surface area contributed by atoms with Crippen molar-refractivity contribution in [2.45, 2.75) is 5.25 Å². The van der Waals surface area contributed by atoms with Crippen LogP contribution in [0.3, 0.4) is 0 Å². The van der Waals surface area contributed by atoms with Crippen molar-refractivity contribution in [2.75, 3.05) is 23.8 Å². The van der Waals surface area contributed by atoms with Crippen LogP contribution in [-0.2, 0) is 0 Å². The Bertz CT molecular complexity index is 439. The topological polar surface area (TPSA) is 42.0 Å². The van der Waals surface area contributed by atoms with Crippen molar-refractivity contribution in [3.05, 3.63) is 28.0 Å². The van der Waals surface area contributed by atoms with E-state index in [9.17, 15) is 4.79 Å². The molecule has 0 spiro atoms. The number of pyridine rings is 1. The summed E-state index contributed by atoms with van der Waals surface area (Å²) in [5.74, 6) is 3.23. The second-order valence-electron chi connectivity index (χ2n) is 3.76. The van der Waals surface area contributed by atoms with Crippen molar-refractivity contribution in [1.82, 2.24) is 10.3 Å². The second-order valence-corrected chi connectivity index (χ2v) is 7.12. The summed E-state index contributed by atoms with van der Waals surface area (Å²) in [7, 11) is 0. The van der Waals surface area contributed by atoms with Gasteiger partial charge in [0.2, 0.25) is 0 Å². The lowest BCUT2D eigenvalue weighted by atomic mass is 10.2. The molecule has 1 aromatic rings. The number of carbonyl (C=O) groups is 1. The van der Waals surface area contributed by atoms with E-state index >= 15 is 0 Å². The normalized spacial score (nSPS) is 19.6. The highest BCUT2D eigenvalue weighted by atomic mass is 35.5. The molecule has 2 rings (SSSR count). The average Bonchev–Trinajstić information content (AvgIpc) is 2.40. The molecule has 1 N–H and O–H groups in total. The van der Waals surface area contributed by atoms with Crippen molar-refractivity contribution in [2.24, 2.45) is 0 Å². The second kappa shape index (κ2) is 6.89. The summed E-state index contributed by atoms with van der Waals surface area (Å²) in [5, 5.41) is 3.96. The van der Waals surface area contributed by atoms with Crippen LogP contribution in [-0.4, -0.2) is 39.9 Å². The van der Waals surface area contributed by atoms with E-state index in [2.05, 4.69) is 10.3 Å². The molecule has 1 atom stereocenters. The Kier molecular flexibility index (Phi) is 5.48. The fraction of sp³-hybridized carbons (Fsp3) is 0.455. The Morgan fingerprint density at radius 2 is 2.33 bits per heavy atom. The molecule has 0 bridgehead atoms. The molecule has 1 fully saturated rings. The third-order valence-corrected chi connectivity index (χ3v) is 5.79. The van der Waals surface area contributed by atoms with Gasteiger partial charge < -0.3 is 5.32 Å². The van der Waals surface area contributed by atoms with Gasteiger partial charge in [0.1, 0.15) is 5.15 Å². The van der Waals surface area contributed by atoms with Gasteiger partial charge in [-0.1, -0.05) is 23.2 Å². The van der Waals surface area contributed by atoms with Gasteiger partial charge in [-0.25, -0.2) is 4.98 Å². The molecule has 0 radical (unpaired) electrons. The first-order valence-electron chi connectivity index (χ1n) is 5.45. The molecule has 0 aromatic carbocycles. The third-order valence-electron chi connectivity index (χ3n) is 2.44. The van der Waals surface area contributed by atoms with Crippen molar-refractivity contribution >= 4 is 52.6 Å². The van der Waals surface area contributed by atoms with Crippen LogP contribution < -0.4 is 5.32 Å². The molecule has 7 heteroatoms. The van der Waals surface area contributed by atoms with E-state index in [1.807, 2.05) is 23.5 Å². The number of nitrogens with one attached hydrogen (secondary N) is 1. The Morgan fingerprint density at radius 3 is 3.06 bits per heavy atom. The van der Waals surface area contributed by atoms with Crippen LogP contribution in [0, 0.1) is 0 Å². The Balaban J connectivity index is 1.92. The summed E-state index contributed by atoms with van der Waals surface area (Å²) >= 11 is 15.5. The molecular weight excluding hydrogens is 311 g/mol. The largest absolute Gasteiger partial charge is 0.351 e. The molecule has 98 valence electrons. The molecule has 1 unspecified atom stereocenters. The predicted molar refractivity (Wildman–Crippen MR) is 80.2 cm³/mol. The fourth-order valence-corrected chi connectivity index (χ4v) is 4.50. The van der Waals surface area contributed by atoms with Gasteiger partial charge in [-0.05, 0) is 6.07 Å². The van der Waals surface area contributed by atoms with Crippen LogP contribution in [0.15, 0.2) is 12.3 Å². The van der Waals surface area contributed by atoms with Crippen molar-refractivity contribution in [3.63, 3.8) is 0 Å². The van der Waals surface area contributed by atoms with Crippen molar-refractivity contribution in [1.29, 1.82) is 0 Å². The van der Waals surface area contributed by atoms with E-state index in [1.54, 1.807) is 0 Å². The minimum atomic E-state index is -0.194. The number of hydrogen-bond acceptors (Lipinski definition) is 4. The summed E-state index contributed by atoms with van der Waals surface area (Å²) in [6, 6.07) is 1.49. The highest BCUT2D eigenvalue weighted by molar-refractivity contribution is 8.06. The zero-order chi connectivity index (χ0) is 13.0. The van der Waals surface area contributed by atoms with Gasteiger partial charge in [0.15, 0.2) is 0 Å². The molecule has 3 nitrogen and oxygen atoms in total. The zero-order valence-electron chi connectivity index (χ0n) is 9.49. The highest BCUT2D eigenvalue weighted by Crippen LogP contribution is 2.23. The average molecular weight is 323 g/mol. The summed E-state index contributed by atoms with van der Waals surface area (Å²) in [6.45, 7) is 0.659. The first-order chi connectivity index (χ1) is 8.66. The van der Waals surface area contributed by atoms with Crippen LogP contribution in [0.25, 0.3) is 0 Å². The van der Waals surface area contributed by atoms with E-state index in [4.69, 9.17) is 23.2 Å². The van der Waals surface area contributed by atoms with Crippen molar-refractivity contribution in [3.8, 4) is 0 Å². The minimum absolute atomic E-state index is 0.194. The lowest BCUT2D eigenvalue weighted by molar-refractivity contribution is 0.0954. The molecule has 0 saturated carbocycles. The number of nitrogens with zero attached hydrogens (tertiary/aromatic N) is 1. The maximum Gasteiger partial charge on any atom is 0.253 e. The van der Waals surface area contributed by atoms with E-state index in [-0.39, 0.29) is 11.1 Å². The van der Waals surface area contributed by atoms with Gasteiger partial charge in [0, 0.05) is 35.3 Å². The standard InChI is InChI=1S/C11H12Cl2N2OS2/c12-9-5-14-10(13)3-8(9)11(16)15-4-7-6-17-1-2-18-7/h3,5,7H,1-2,4,6H2,(H,15,16). The van der Waals surface area contributed by atoms with Gasteiger partial charge in [-0.2, -0.15) is 23.5 Å². The summed E-state index contributed by atoms with van der Waals surface area (Å²) in [6.07, 6.45) is 1.39. The molecule has 1 aliphatic heterocycles. The van der Waals surface area contributed by atoms with Gasteiger partial charge in [-0.3, -0.25) is 4.79 Å². The zero-order valence-corrected chi connectivity index (χ0v) is 12.6. The maximum absolute atomic E-state index is 12.0. The monoisotopic (exact) mass is 322 g/mol. The van der Waals surface area contributed by atoms with Gasteiger partial charge in [0.25, 0.3) is 5.91 Å². The first kappa shape index (κ1) is 14.3. The van der Waals surface area contributed by atoms with E-state index in [0.29, 0.717) is 22.4 Å². The fourth-order valence-electron chi connectivity index (χ4n) is 1.54. The maximum atomic E-state index is 12.0. The Morgan fingerprint density at radius 1 is 1.50 bits per heavy atom. The predicted octanol–water partition coefficient (Wildman–Crippen LogP) is 2.97. The van der Waals surface area contributed by atoms with E-state index in [0.717, 1.165) is 11.5 Å². The van der Waals surface area contributed by atoms with E-state index < -0.39 is 0 Å². The number of carbonyl (C=O) groups excluding carboxylic acids is 1. The Labute approximate surface area is 124 Å². The molecule has 1 aromatic heterocycles. The van der Waals surface area contributed by atoms with Crippen molar-refractivity contribution < 1.29 is 4.79 Å². The minimum Gasteiger partial charge on any atom is -0.351 e. The number of rotatable bonds is 3. The van der Waals surface area contributed by atoms with E-state index in [1.165, 1.54) is 18.0 Å². The molecule has 1 saturated heterocycles. The summed E-state index contributed by atoms with van der Waals surface area (Å²) in [4.78, 5) is 15.8. The van der Waals surface area contributed by atoms with Crippen LogP contribution in [0.2, 0.25) is 10.2 Å². The molecule has 18 heavy (non-hydrogen) atoms.